The van der Waals surface area contributed by atoms with Gasteiger partial charge in [0, 0.05) is 18.8 Å². The molecule has 0 radical (unpaired) electrons. The van der Waals surface area contributed by atoms with Crippen molar-refractivity contribution in [2.75, 3.05) is 31.6 Å². The Bertz CT molecular complexity index is 481. The molecule has 0 aromatic heterocycles. The molecule has 3 rings (SSSR count). The van der Waals surface area contributed by atoms with Gasteiger partial charge in [0.2, 0.25) is 5.91 Å². The highest BCUT2D eigenvalue weighted by atomic mass is 16.5. The van der Waals surface area contributed by atoms with Crippen molar-refractivity contribution in [2.24, 2.45) is 5.92 Å². The van der Waals surface area contributed by atoms with E-state index in [-0.39, 0.29) is 11.8 Å². The average Bonchev–Trinajstić information content (AvgIpc) is 2.90. The first-order valence-electron chi connectivity index (χ1n) is 6.98. The SMILES string of the molecule is COc1ccc2c(c1)CCN2C(=O)C1CCCNC1. The molecule has 1 unspecified atom stereocenters. The van der Waals surface area contributed by atoms with Crippen molar-refractivity contribution in [3.05, 3.63) is 23.8 Å². The summed E-state index contributed by atoms with van der Waals surface area (Å²) in [5, 5.41) is 3.31. The fourth-order valence-corrected chi connectivity index (χ4v) is 3.02. The zero-order valence-corrected chi connectivity index (χ0v) is 11.3. The van der Waals surface area contributed by atoms with E-state index >= 15 is 0 Å². The lowest BCUT2D eigenvalue weighted by molar-refractivity contribution is -0.122. The van der Waals surface area contributed by atoms with E-state index in [1.54, 1.807) is 7.11 Å². The normalized spacial score (nSPS) is 22.2. The molecule has 0 spiro atoms. The largest absolute Gasteiger partial charge is 0.497 e. The lowest BCUT2D eigenvalue weighted by Crippen LogP contribution is -2.42. The summed E-state index contributed by atoms with van der Waals surface area (Å²) >= 11 is 0. The van der Waals surface area contributed by atoms with Gasteiger partial charge in [-0.3, -0.25) is 4.79 Å². The van der Waals surface area contributed by atoms with Gasteiger partial charge in [0.25, 0.3) is 0 Å². The van der Waals surface area contributed by atoms with Crippen molar-refractivity contribution in [1.29, 1.82) is 0 Å². The Morgan fingerprint density at radius 1 is 1.47 bits per heavy atom. The monoisotopic (exact) mass is 260 g/mol. The van der Waals surface area contributed by atoms with Crippen LogP contribution >= 0.6 is 0 Å². The molecular weight excluding hydrogens is 240 g/mol. The lowest BCUT2D eigenvalue weighted by atomic mass is 9.98. The number of piperidine rings is 1. The minimum atomic E-state index is 0.141. The number of nitrogens with one attached hydrogen (secondary N) is 1. The average molecular weight is 260 g/mol. The lowest BCUT2D eigenvalue weighted by Gasteiger charge is -2.27. The molecule has 1 N–H and O–H groups in total. The number of carbonyl (C=O) groups excluding carboxylic acids is 1. The van der Waals surface area contributed by atoms with Crippen molar-refractivity contribution >= 4 is 11.6 Å². The number of ether oxygens (including phenoxy) is 1. The van der Waals surface area contributed by atoms with Crippen LogP contribution in [0.3, 0.4) is 0 Å². The van der Waals surface area contributed by atoms with Gasteiger partial charge in [0.1, 0.15) is 5.75 Å². The number of hydrogen-bond donors (Lipinski definition) is 1. The van der Waals surface area contributed by atoms with E-state index in [0.717, 1.165) is 50.3 Å². The number of amides is 1. The molecule has 2 aliphatic heterocycles. The van der Waals surface area contributed by atoms with Gasteiger partial charge in [-0.05, 0) is 49.6 Å². The Morgan fingerprint density at radius 2 is 2.37 bits per heavy atom. The van der Waals surface area contributed by atoms with E-state index in [4.69, 9.17) is 4.74 Å². The van der Waals surface area contributed by atoms with Crippen molar-refractivity contribution in [2.45, 2.75) is 19.3 Å². The van der Waals surface area contributed by atoms with Crippen molar-refractivity contribution in [3.63, 3.8) is 0 Å². The number of rotatable bonds is 2. The predicted octanol–water partition coefficient (Wildman–Crippen LogP) is 1.58. The van der Waals surface area contributed by atoms with Gasteiger partial charge < -0.3 is 15.0 Å². The van der Waals surface area contributed by atoms with Gasteiger partial charge in [0.05, 0.1) is 13.0 Å². The van der Waals surface area contributed by atoms with E-state index in [2.05, 4.69) is 5.32 Å². The fourth-order valence-electron chi connectivity index (χ4n) is 3.02. The molecule has 1 amide bonds. The van der Waals surface area contributed by atoms with Crippen LogP contribution in [0.4, 0.5) is 5.69 Å². The first-order valence-corrected chi connectivity index (χ1v) is 6.98. The Hall–Kier alpha value is -1.55. The summed E-state index contributed by atoms with van der Waals surface area (Å²) in [6, 6.07) is 5.99. The van der Waals surface area contributed by atoms with E-state index < -0.39 is 0 Å². The van der Waals surface area contributed by atoms with Gasteiger partial charge in [-0.15, -0.1) is 0 Å². The van der Waals surface area contributed by atoms with Crippen LogP contribution < -0.4 is 15.0 Å². The molecule has 2 aliphatic rings. The molecule has 1 aromatic rings. The molecule has 2 heterocycles. The van der Waals surface area contributed by atoms with Crippen LogP contribution in [-0.4, -0.2) is 32.7 Å². The highest BCUT2D eigenvalue weighted by molar-refractivity contribution is 5.97. The van der Waals surface area contributed by atoms with E-state index in [9.17, 15) is 4.79 Å². The van der Waals surface area contributed by atoms with Crippen molar-refractivity contribution in [3.8, 4) is 5.75 Å². The highest BCUT2D eigenvalue weighted by Gasteiger charge is 2.30. The predicted molar refractivity (Wildman–Crippen MR) is 74.6 cm³/mol. The highest BCUT2D eigenvalue weighted by Crippen LogP contribution is 2.32. The molecule has 4 heteroatoms. The molecule has 1 aromatic carbocycles. The Morgan fingerprint density at radius 3 is 3.11 bits per heavy atom. The number of anilines is 1. The Labute approximate surface area is 113 Å². The van der Waals surface area contributed by atoms with Gasteiger partial charge in [-0.2, -0.15) is 0 Å². The maximum absolute atomic E-state index is 12.6. The summed E-state index contributed by atoms with van der Waals surface area (Å²) in [6.07, 6.45) is 3.03. The number of hydrogen-bond acceptors (Lipinski definition) is 3. The zero-order chi connectivity index (χ0) is 13.2. The van der Waals surface area contributed by atoms with E-state index in [1.807, 2.05) is 23.1 Å². The molecule has 102 valence electrons. The second-order valence-corrected chi connectivity index (χ2v) is 5.28. The Kier molecular flexibility index (Phi) is 3.42. The summed E-state index contributed by atoms with van der Waals surface area (Å²) in [7, 11) is 1.67. The van der Waals surface area contributed by atoms with Crippen LogP contribution in [0.15, 0.2) is 18.2 Å². The maximum Gasteiger partial charge on any atom is 0.231 e. The van der Waals surface area contributed by atoms with Crippen molar-refractivity contribution < 1.29 is 9.53 Å². The number of nitrogens with zero attached hydrogens (tertiary/aromatic N) is 1. The van der Waals surface area contributed by atoms with E-state index in [0.29, 0.717) is 0 Å². The molecular formula is C15H20N2O2. The molecule has 0 saturated carbocycles. The third-order valence-corrected chi connectivity index (χ3v) is 4.09. The topological polar surface area (TPSA) is 41.6 Å². The maximum atomic E-state index is 12.6. The molecule has 1 saturated heterocycles. The first-order chi connectivity index (χ1) is 9.29. The quantitative estimate of drug-likeness (QED) is 0.878. The molecule has 0 aliphatic carbocycles. The Balaban J connectivity index is 1.79. The summed E-state index contributed by atoms with van der Waals surface area (Å²) < 4.78 is 5.24. The smallest absolute Gasteiger partial charge is 0.231 e. The van der Waals surface area contributed by atoms with Crippen LogP contribution in [0, 0.1) is 5.92 Å². The van der Waals surface area contributed by atoms with Gasteiger partial charge >= 0.3 is 0 Å². The van der Waals surface area contributed by atoms with E-state index in [1.165, 1.54) is 5.56 Å². The molecule has 4 nitrogen and oxygen atoms in total. The molecule has 1 atom stereocenters. The number of benzene rings is 1. The second-order valence-electron chi connectivity index (χ2n) is 5.28. The second kappa shape index (κ2) is 5.21. The number of carbonyl (C=O) groups is 1. The van der Waals surface area contributed by atoms with Crippen LogP contribution in [0.2, 0.25) is 0 Å². The standard InChI is InChI=1S/C15H20N2O2/c1-19-13-4-5-14-11(9-13)6-8-17(14)15(18)12-3-2-7-16-10-12/h4-5,9,12,16H,2-3,6-8,10H2,1H3. The molecule has 0 bridgehead atoms. The third kappa shape index (κ3) is 2.32. The van der Waals surface area contributed by atoms with Crippen LogP contribution in [0.1, 0.15) is 18.4 Å². The van der Waals surface area contributed by atoms with Crippen molar-refractivity contribution in [1.82, 2.24) is 5.32 Å². The van der Waals surface area contributed by atoms with Gasteiger partial charge in [-0.1, -0.05) is 0 Å². The summed E-state index contributed by atoms with van der Waals surface area (Å²) in [4.78, 5) is 14.5. The number of methoxy groups -OCH3 is 1. The van der Waals surface area contributed by atoms with Crippen LogP contribution in [0.5, 0.6) is 5.75 Å². The number of fused-ring (bicyclic) bond motifs is 1. The zero-order valence-electron chi connectivity index (χ0n) is 11.3. The van der Waals surface area contributed by atoms with Gasteiger partial charge in [0.15, 0.2) is 0 Å². The first kappa shape index (κ1) is 12.5. The van der Waals surface area contributed by atoms with Gasteiger partial charge in [-0.25, -0.2) is 0 Å². The summed E-state index contributed by atoms with van der Waals surface area (Å²) in [6.45, 7) is 2.66. The third-order valence-electron chi connectivity index (χ3n) is 4.09. The minimum Gasteiger partial charge on any atom is -0.497 e. The minimum absolute atomic E-state index is 0.141. The summed E-state index contributed by atoms with van der Waals surface area (Å²) in [5.74, 6) is 1.28. The molecule has 19 heavy (non-hydrogen) atoms. The fraction of sp³-hybridized carbons (Fsp3) is 0.533. The van der Waals surface area contributed by atoms with Crippen LogP contribution in [-0.2, 0) is 11.2 Å². The van der Waals surface area contributed by atoms with Crippen LogP contribution in [0.25, 0.3) is 0 Å². The summed E-state index contributed by atoms with van der Waals surface area (Å²) in [5.41, 5.74) is 2.29. The molecule has 1 fully saturated rings.